The van der Waals surface area contributed by atoms with Crippen LogP contribution < -0.4 is 11.0 Å². The standard InChI is InChI=1S/C19H19ClN4O3S/c1-3-4-16(26)23-24-18(27)17-14(9-11(2)21-17)22-19(24)28-10-15(25)12-5-7-13(20)8-6-12/h5-9,21H,3-4,10H2,1-2H3,(H,23,26). The minimum atomic E-state index is -0.413. The molecule has 2 N–H and O–H groups in total. The molecule has 0 spiro atoms. The van der Waals surface area contributed by atoms with E-state index in [1.807, 2.05) is 13.8 Å². The van der Waals surface area contributed by atoms with Gasteiger partial charge in [0.1, 0.15) is 5.52 Å². The highest BCUT2D eigenvalue weighted by atomic mass is 35.5. The highest BCUT2D eigenvalue weighted by Gasteiger charge is 2.17. The lowest BCUT2D eigenvalue weighted by Crippen LogP contribution is -2.35. The fraction of sp³-hybridized carbons (Fsp3) is 0.263. The van der Waals surface area contributed by atoms with E-state index in [1.54, 1.807) is 30.3 Å². The maximum absolute atomic E-state index is 12.8. The number of H-pyrrole nitrogens is 1. The van der Waals surface area contributed by atoms with Gasteiger partial charge in [-0.1, -0.05) is 30.3 Å². The van der Waals surface area contributed by atoms with E-state index in [0.29, 0.717) is 28.0 Å². The Morgan fingerprint density at radius 3 is 2.68 bits per heavy atom. The Morgan fingerprint density at radius 2 is 2.00 bits per heavy atom. The number of fused-ring (bicyclic) bond motifs is 1. The van der Waals surface area contributed by atoms with Gasteiger partial charge in [0.15, 0.2) is 10.9 Å². The summed E-state index contributed by atoms with van der Waals surface area (Å²) in [4.78, 5) is 44.7. The summed E-state index contributed by atoms with van der Waals surface area (Å²) in [7, 11) is 0. The fourth-order valence-electron chi connectivity index (χ4n) is 2.63. The number of benzene rings is 1. The molecule has 9 heteroatoms. The van der Waals surface area contributed by atoms with Gasteiger partial charge in [-0.25, -0.2) is 4.98 Å². The number of aromatic nitrogens is 3. The second-order valence-corrected chi connectivity index (χ2v) is 7.63. The SMILES string of the molecule is CCCC(=O)Nn1c(SCC(=O)c2ccc(Cl)cc2)nc2cc(C)[nH]c2c1=O. The minimum absolute atomic E-state index is 0.0621. The Kier molecular flexibility index (Phi) is 6.21. The van der Waals surface area contributed by atoms with Gasteiger partial charge >= 0.3 is 0 Å². The van der Waals surface area contributed by atoms with Crippen molar-refractivity contribution in [2.75, 3.05) is 11.2 Å². The first kappa shape index (κ1) is 20.2. The number of thioether (sulfide) groups is 1. The van der Waals surface area contributed by atoms with Crippen LogP contribution in [0.3, 0.4) is 0 Å². The van der Waals surface area contributed by atoms with Crippen LogP contribution in [-0.4, -0.2) is 32.1 Å². The highest BCUT2D eigenvalue weighted by molar-refractivity contribution is 7.99. The molecule has 3 aromatic rings. The maximum atomic E-state index is 12.8. The first-order valence-electron chi connectivity index (χ1n) is 8.73. The van der Waals surface area contributed by atoms with E-state index in [9.17, 15) is 14.4 Å². The fourth-order valence-corrected chi connectivity index (χ4v) is 3.60. The van der Waals surface area contributed by atoms with Crippen molar-refractivity contribution < 1.29 is 9.59 Å². The molecule has 2 aromatic heterocycles. The molecule has 0 saturated carbocycles. The van der Waals surface area contributed by atoms with Crippen LogP contribution in [-0.2, 0) is 4.79 Å². The Hall–Kier alpha value is -2.58. The molecule has 0 unspecified atom stereocenters. The molecule has 1 amide bonds. The van der Waals surface area contributed by atoms with Crippen LogP contribution in [0.25, 0.3) is 11.0 Å². The van der Waals surface area contributed by atoms with Crippen LogP contribution in [0.5, 0.6) is 0 Å². The van der Waals surface area contributed by atoms with Crippen LogP contribution in [0.15, 0.2) is 40.3 Å². The molecule has 0 saturated heterocycles. The summed E-state index contributed by atoms with van der Waals surface area (Å²) >= 11 is 6.94. The Balaban J connectivity index is 1.91. The van der Waals surface area contributed by atoms with Gasteiger partial charge in [0.2, 0.25) is 5.91 Å². The quantitative estimate of drug-likeness (QED) is 0.347. The normalized spacial score (nSPS) is 11.0. The summed E-state index contributed by atoms with van der Waals surface area (Å²) in [6.45, 7) is 3.69. The van der Waals surface area contributed by atoms with Crippen LogP contribution in [0.2, 0.25) is 5.02 Å². The molecule has 2 heterocycles. The van der Waals surface area contributed by atoms with Gasteiger partial charge in [0, 0.05) is 22.7 Å². The molecule has 1 aromatic carbocycles. The molecular formula is C19H19ClN4O3S. The number of carbonyl (C=O) groups excluding carboxylic acids is 2. The van der Waals surface area contributed by atoms with Crippen molar-refractivity contribution in [3.8, 4) is 0 Å². The van der Waals surface area contributed by atoms with E-state index < -0.39 is 5.56 Å². The number of Topliss-reactive ketones (excluding diaryl/α,β-unsaturated/α-hetero) is 1. The van der Waals surface area contributed by atoms with Crippen molar-refractivity contribution in [1.82, 2.24) is 14.6 Å². The van der Waals surface area contributed by atoms with E-state index in [2.05, 4.69) is 15.4 Å². The maximum Gasteiger partial charge on any atom is 0.297 e. The molecule has 0 aliphatic carbocycles. The number of hydrogen-bond donors (Lipinski definition) is 2. The van der Waals surface area contributed by atoms with E-state index in [4.69, 9.17) is 11.6 Å². The summed E-state index contributed by atoms with van der Waals surface area (Å²) in [5.41, 5.74) is 4.27. The molecule has 146 valence electrons. The van der Waals surface area contributed by atoms with Crippen LogP contribution in [0.4, 0.5) is 0 Å². The number of halogens is 1. The first-order valence-corrected chi connectivity index (χ1v) is 10.1. The lowest BCUT2D eigenvalue weighted by molar-refractivity contribution is -0.117. The first-order chi connectivity index (χ1) is 13.4. The van der Waals surface area contributed by atoms with Crippen molar-refractivity contribution in [3.05, 3.63) is 57.0 Å². The monoisotopic (exact) mass is 418 g/mol. The molecule has 0 radical (unpaired) electrons. The van der Waals surface area contributed by atoms with Crippen LogP contribution >= 0.6 is 23.4 Å². The number of hydrogen-bond acceptors (Lipinski definition) is 5. The second kappa shape index (κ2) is 8.62. The van der Waals surface area contributed by atoms with Gasteiger partial charge < -0.3 is 4.98 Å². The topological polar surface area (TPSA) is 96.8 Å². The van der Waals surface area contributed by atoms with Gasteiger partial charge in [-0.05, 0) is 43.7 Å². The molecule has 28 heavy (non-hydrogen) atoms. The molecule has 0 aliphatic rings. The van der Waals surface area contributed by atoms with Crippen LogP contribution in [0, 0.1) is 6.92 Å². The number of aryl methyl sites for hydroxylation is 1. The van der Waals surface area contributed by atoms with Crippen LogP contribution in [0.1, 0.15) is 35.8 Å². The number of ketones is 1. The number of aromatic amines is 1. The predicted molar refractivity (Wildman–Crippen MR) is 111 cm³/mol. The zero-order valence-corrected chi connectivity index (χ0v) is 17.0. The van der Waals surface area contributed by atoms with Gasteiger partial charge in [-0.15, -0.1) is 0 Å². The average Bonchev–Trinajstić information content (AvgIpc) is 3.04. The van der Waals surface area contributed by atoms with E-state index in [-0.39, 0.29) is 29.0 Å². The predicted octanol–water partition coefficient (Wildman–Crippen LogP) is 3.53. The van der Waals surface area contributed by atoms with E-state index >= 15 is 0 Å². The van der Waals surface area contributed by atoms with Crippen molar-refractivity contribution in [1.29, 1.82) is 0 Å². The molecular weight excluding hydrogens is 400 g/mol. The van der Waals surface area contributed by atoms with Gasteiger partial charge in [0.05, 0.1) is 11.3 Å². The zero-order chi connectivity index (χ0) is 20.3. The number of nitrogens with zero attached hydrogens (tertiary/aromatic N) is 2. The number of rotatable bonds is 7. The number of amides is 1. The molecule has 0 aliphatic heterocycles. The molecule has 0 bridgehead atoms. The molecule has 0 atom stereocenters. The van der Waals surface area contributed by atoms with Crippen molar-refractivity contribution >= 4 is 46.1 Å². The highest BCUT2D eigenvalue weighted by Crippen LogP contribution is 2.20. The van der Waals surface area contributed by atoms with Crippen molar-refractivity contribution in [2.45, 2.75) is 31.8 Å². The van der Waals surface area contributed by atoms with E-state index in [1.165, 1.54) is 0 Å². The van der Waals surface area contributed by atoms with E-state index in [0.717, 1.165) is 22.1 Å². The summed E-state index contributed by atoms with van der Waals surface area (Å²) in [5.74, 6) is -0.361. The summed E-state index contributed by atoms with van der Waals surface area (Å²) < 4.78 is 1.11. The van der Waals surface area contributed by atoms with Crippen molar-refractivity contribution in [2.24, 2.45) is 0 Å². The third-order valence-electron chi connectivity index (χ3n) is 3.97. The lowest BCUT2D eigenvalue weighted by atomic mass is 10.1. The van der Waals surface area contributed by atoms with Crippen molar-refractivity contribution in [3.63, 3.8) is 0 Å². The van der Waals surface area contributed by atoms with Gasteiger partial charge in [-0.3, -0.25) is 19.8 Å². The van der Waals surface area contributed by atoms with Gasteiger partial charge in [0.25, 0.3) is 5.56 Å². The smallest absolute Gasteiger partial charge is 0.297 e. The largest absolute Gasteiger partial charge is 0.353 e. The number of carbonyl (C=O) groups is 2. The van der Waals surface area contributed by atoms with Gasteiger partial charge in [-0.2, -0.15) is 4.68 Å². The second-order valence-electron chi connectivity index (χ2n) is 6.25. The summed E-state index contributed by atoms with van der Waals surface area (Å²) in [6, 6.07) is 8.33. The number of nitrogens with one attached hydrogen (secondary N) is 2. The minimum Gasteiger partial charge on any atom is -0.353 e. The third kappa shape index (κ3) is 4.45. The Labute approximate surface area is 170 Å². The zero-order valence-electron chi connectivity index (χ0n) is 15.4. The third-order valence-corrected chi connectivity index (χ3v) is 5.16. The Morgan fingerprint density at radius 1 is 1.29 bits per heavy atom. The molecule has 3 rings (SSSR count). The molecule has 0 fully saturated rings. The average molecular weight is 419 g/mol. The summed E-state index contributed by atoms with van der Waals surface area (Å²) in [5, 5.41) is 0.801. The summed E-state index contributed by atoms with van der Waals surface area (Å²) in [6.07, 6.45) is 0.928. The molecule has 7 nitrogen and oxygen atoms in total. The lowest BCUT2D eigenvalue weighted by Gasteiger charge is -2.12. The Bertz CT molecular complexity index is 1090.